The van der Waals surface area contributed by atoms with E-state index in [1.165, 1.54) is 18.3 Å². The second kappa shape index (κ2) is 4.96. The van der Waals surface area contributed by atoms with Crippen molar-refractivity contribution in [3.63, 3.8) is 0 Å². The maximum atomic E-state index is 11.3. The van der Waals surface area contributed by atoms with Gasteiger partial charge in [-0.2, -0.15) is 0 Å². The topological polar surface area (TPSA) is 36.4 Å². The number of carbonyl (C=O) groups is 1. The van der Waals surface area contributed by atoms with Gasteiger partial charge in [-0.05, 0) is 24.3 Å². The predicted molar refractivity (Wildman–Crippen MR) is 81.0 cm³/mol. The number of Topliss-reactive ketones (excluding diaryl/α,β-unsaturated/α-hetero) is 1. The Hall–Kier alpha value is -2.36. The number of pyridine rings is 1. The van der Waals surface area contributed by atoms with Crippen LogP contribution in [0.4, 0.5) is 17.1 Å². The molecule has 102 valence electrons. The smallest absolute Gasteiger partial charge is 0.178 e. The highest BCUT2D eigenvalue weighted by molar-refractivity contribution is 5.92. The van der Waals surface area contributed by atoms with Gasteiger partial charge in [0.25, 0.3) is 0 Å². The summed E-state index contributed by atoms with van der Waals surface area (Å²) in [6, 6.07) is 12.1. The molecule has 0 radical (unpaired) electrons. The fourth-order valence-corrected chi connectivity index (χ4v) is 2.53. The molecule has 1 aliphatic rings. The first-order chi connectivity index (χ1) is 9.66. The number of ketones is 1. The van der Waals surface area contributed by atoms with Crippen molar-refractivity contribution in [2.24, 2.45) is 0 Å². The summed E-state index contributed by atoms with van der Waals surface area (Å²) in [4.78, 5) is 20.0. The average Bonchev–Trinajstić information content (AvgIpc) is 2.48. The third-order valence-electron chi connectivity index (χ3n) is 3.66. The van der Waals surface area contributed by atoms with Gasteiger partial charge in [0.1, 0.15) is 5.69 Å². The van der Waals surface area contributed by atoms with Crippen LogP contribution in [0.5, 0.6) is 0 Å². The van der Waals surface area contributed by atoms with E-state index in [9.17, 15) is 4.79 Å². The van der Waals surface area contributed by atoms with Crippen LogP contribution in [0.25, 0.3) is 0 Å². The van der Waals surface area contributed by atoms with E-state index in [4.69, 9.17) is 0 Å². The molecule has 4 heteroatoms. The van der Waals surface area contributed by atoms with Crippen molar-refractivity contribution in [2.45, 2.75) is 6.92 Å². The van der Waals surface area contributed by atoms with Gasteiger partial charge in [0.2, 0.25) is 0 Å². The summed E-state index contributed by atoms with van der Waals surface area (Å²) in [6.45, 7) is 3.41. The van der Waals surface area contributed by atoms with Gasteiger partial charge < -0.3 is 9.80 Å². The Morgan fingerprint density at radius 1 is 1.10 bits per heavy atom. The van der Waals surface area contributed by atoms with Crippen LogP contribution in [0.15, 0.2) is 42.6 Å². The van der Waals surface area contributed by atoms with E-state index in [1.54, 1.807) is 12.3 Å². The number of likely N-dealkylation sites (N-methyl/N-ethyl adjacent to an activating group) is 1. The standard InChI is InChI=1S/C16H17N3O/c1-12(20)14-8-7-13(11-17-14)19-10-9-18(2)15-5-3-4-6-16(15)19/h3-8,11H,9-10H2,1-2H3. The zero-order valence-electron chi connectivity index (χ0n) is 11.7. The number of hydrogen-bond donors (Lipinski definition) is 0. The monoisotopic (exact) mass is 267 g/mol. The molecule has 2 aromatic rings. The van der Waals surface area contributed by atoms with Crippen LogP contribution in [0.3, 0.4) is 0 Å². The Kier molecular flexibility index (Phi) is 3.14. The average molecular weight is 267 g/mol. The molecule has 0 spiro atoms. The predicted octanol–water partition coefficient (Wildman–Crippen LogP) is 2.87. The minimum atomic E-state index is -0.00433. The Bertz CT molecular complexity index is 636. The molecule has 3 rings (SSSR count). The molecule has 1 aromatic heterocycles. The number of hydrogen-bond acceptors (Lipinski definition) is 4. The van der Waals surface area contributed by atoms with Crippen LogP contribution >= 0.6 is 0 Å². The molecule has 0 N–H and O–H groups in total. The number of aromatic nitrogens is 1. The number of carbonyl (C=O) groups excluding carboxylic acids is 1. The summed E-state index contributed by atoms with van der Waals surface area (Å²) in [6.07, 6.45) is 1.78. The molecule has 0 saturated heterocycles. The SMILES string of the molecule is CC(=O)c1ccc(N2CCN(C)c3ccccc32)cn1. The molecule has 1 aromatic carbocycles. The second-order valence-electron chi connectivity index (χ2n) is 5.02. The summed E-state index contributed by atoms with van der Waals surface area (Å²) in [5.41, 5.74) is 3.93. The van der Waals surface area contributed by atoms with Crippen molar-refractivity contribution in [1.82, 2.24) is 4.98 Å². The molecule has 0 aliphatic carbocycles. The van der Waals surface area contributed by atoms with Gasteiger partial charge in [0, 0.05) is 27.1 Å². The fourth-order valence-electron chi connectivity index (χ4n) is 2.53. The summed E-state index contributed by atoms with van der Waals surface area (Å²) >= 11 is 0. The van der Waals surface area contributed by atoms with E-state index in [0.717, 1.165) is 18.8 Å². The first-order valence-electron chi connectivity index (χ1n) is 6.71. The molecular formula is C16H17N3O. The Morgan fingerprint density at radius 3 is 2.50 bits per heavy atom. The van der Waals surface area contributed by atoms with Crippen LogP contribution in [0.1, 0.15) is 17.4 Å². The van der Waals surface area contributed by atoms with Crippen molar-refractivity contribution in [2.75, 3.05) is 29.9 Å². The molecule has 0 bridgehead atoms. The zero-order valence-corrected chi connectivity index (χ0v) is 11.7. The van der Waals surface area contributed by atoms with E-state index in [-0.39, 0.29) is 5.78 Å². The first kappa shape index (κ1) is 12.7. The molecule has 0 amide bonds. The Balaban J connectivity index is 1.99. The van der Waals surface area contributed by atoms with Crippen LogP contribution in [0.2, 0.25) is 0 Å². The van der Waals surface area contributed by atoms with Crippen molar-refractivity contribution in [1.29, 1.82) is 0 Å². The molecule has 0 unspecified atom stereocenters. The maximum Gasteiger partial charge on any atom is 0.178 e. The summed E-state index contributed by atoms with van der Waals surface area (Å²) in [5.74, 6) is -0.00433. The second-order valence-corrected chi connectivity index (χ2v) is 5.02. The van der Waals surface area contributed by atoms with Gasteiger partial charge in [-0.25, -0.2) is 0 Å². The lowest BCUT2D eigenvalue weighted by Crippen LogP contribution is -2.36. The van der Waals surface area contributed by atoms with Gasteiger partial charge in [-0.1, -0.05) is 12.1 Å². The van der Waals surface area contributed by atoms with Crippen molar-refractivity contribution >= 4 is 22.8 Å². The van der Waals surface area contributed by atoms with E-state index in [1.807, 2.05) is 12.1 Å². The third-order valence-corrected chi connectivity index (χ3v) is 3.66. The number of benzene rings is 1. The van der Waals surface area contributed by atoms with Crippen molar-refractivity contribution in [3.8, 4) is 0 Å². The molecule has 0 saturated carbocycles. The van der Waals surface area contributed by atoms with Crippen molar-refractivity contribution in [3.05, 3.63) is 48.3 Å². The largest absolute Gasteiger partial charge is 0.371 e. The molecule has 0 atom stereocenters. The van der Waals surface area contributed by atoms with Gasteiger partial charge in [-0.15, -0.1) is 0 Å². The molecule has 0 fully saturated rings. The Labute approximate surface area is 118 Å². The van der Waals surface area contributed by atoms with E-state index < -0.39 is 0 Å². The number of anilines is 3. The van der Waals surface area contributed by atoms with Gasteiger partial charge >= 0.3 is 0 Å². The normalized spacial score (nSPS) is 14.1. The number of rotatable bonds is 2. The van der Waals surface area contributed by atoms with Gasteiger partial charge in [0.15, 0.2) is 5.78 Å². The van der Waals surface area contributed by atoms with Crippen molar-refractivity contribution < 1.29 is 4.79 Å². The van der Waals surface area contributed by atoms with Crippen LogP contribution in [0, 0.1) is 0 Å². The van der Waals surface area contributed by atoms with Crippen LogP contribution in [-0.2, 0) is 0 Å². The number of fused-ring (bicyclic) bond motifs is 1. The number of para-hydroxylation sites is 2. The maximum absolute atomic E-state index is 11.3. The number of nitrogens with zero attached hydrogens (tertiary/aromatic N) is 3. The quantitative estimate of drug-likeness (QED) is 0.784. The highest BCUT2D eigenvalue weighted by Gasteiger charge is 2.21. The lowest BCUT2D eigenvalue weighted by atomic mass is 10.1. The van der Waals surface area contributed by atoms with E-state index in [2.05, 4.69) is 40.0 Å². The van der Waals surface area contributed by atoms with Gasteiger partial charge in [0.05, 0.1) is 23.3 Å². The van der Waals surface area contributed by atoms with Crippen LogP contribution in [-0.4, -0.2) is 30.9 Å². The molecule has 2 heterocycles. The first-order valence-corrected chi connectivity index (χ1v) is 6.71. The summed E-state index contributed by atoms with van der Waals surface area (Å²) in [7, 11) is 2.10. The molecule has 4 nitrogen and oxygen atoms in total. The molecule has 1 aliphatic heterocycles. The highest BCUT2D eigenvalue weighted by Crippen LogP contribution is 2.36. The minimum absolute atomic E-state index is 0.00433. The minimum Gasteiger partial charge on any atom is -0.371 e. The van der Waals surface area contributed by atoms with Gasteiger partial charge in [-0.3, -0.25) is 9.78 Å². The summed E-state index contributed by atoms with van der Waals surface area (Å²) < 4.78 is 0. The zero-order chi connectivity index (χ0) is 14.1. The van der Waals surface area contributed by atoms with Crippen LogP contribution < -0.4 is 9.80 Å². The lowest BCUT2D eigenvalue weighted by Gasteiger charge is -2.36. The lowest BCUT2D eigenvalue weighted by molar-refractivity contribution is 0.101. The third kappa shape index (κ3) is 2.13. The Morgan fingerprint density at radius 2 is 1.85 bits per heavy atom. The van der Waals surface area contributed by atoms with E-state index >= 15 is 0 Å². The fraction of sp³-hybridized carbons (Fsp3) is 0.250. The molecule has 20 heavy (non-hydrogen) atoms. The highest BCUT2D eigenvalue weighted by atomic mass is 16.1. The summed E-state index contributed by atoms with van der Waals surface area (Å²) in [5, 5.41) is 0. The molecular weight excluding hydrogens is 250 g/mol. The van der Waals surface area contributed by atoms with E-state index in [0.29, 0.717) is 5.69 Å².